The third kappa shape index (κ3) is 9.39. The fraction of sp³-hybridized carbons (Fsp3) is 0.708. The van der Waals surface area contributed by atoms with Crippen molar-refractivity contribution in [2.45, 2.75) is 103 Å². The van der Waals surface area contributed by atoms with E-state index in [1.165, 1.54) is 20.8 Å². The Morgan fingerprint density at radius 3 is 2.00 bits per heavy atom. The van der Waals surface area contributed by atoms with Gasteiger partial charge in [0.1, 0.15) is 12.7 Å². The molecule has 0 aromatic rings. The molecule has 2 fully saturated rings. The maximum atomic E-state index is 12.0. The van der Waals surface area contributed by atoms with Gasteiger partial charge in [-0.15, -0.1) is 5.06 Å². The first-order valence-corrected chi connectivity index (χ1v) is 12.4. The Bertz CT molecular complexity index is 919. The average molecular weight is 543 g/mol. The van der Waals surface area contributed by atoms with Gasteiger partial charge in [0.05, 0.1) is 12.1 Å². The molecule has 2 unspecified atom stereocenters. The van der Waals surface area contributed by atoms with Gasteiger partial charge in [0.15, 0.2) is 12.2 Å². The molecule has 2 saturated heterocycles. The van der Waals surface area contributed by atoms with E-state index in [1.54, 1.807) is 0 Å². The van der Waals surface area contributed by atoms with Crippen molar-refractivity contribution < 1.29 is 57.3 Å². The summed E-state index contributed by atoms with van der Waals surface area (Å²) in [4.78, 5) is 87.0. The van der Waals surface area contributed by atoms with Crippen molar-refractivity contribution in [2.24, 2.45) is 0 Å². The summed E-state index contributed by atoms with van der Waals surface area (Å²) in [6, 6.07) is -0.883. The summed E-state index contributed by atoms with van der Waals surface area (Å²) in [6.07, 6.45) is -2.25. The highest BCUT2D eigenvalue weighted by molar-refractivity contribution is 6.01. The molecule has 38 heavy (non-hydrogen) atoms. The molecule has 5 atom stereocenters. The number of hydroxylamine groups is 2. The molecule has 14 nitrogen and oxygen atoms in total. The summed E-state index contributed by atoms with van der Waals surface area (Å²) in [5, 5.41) is 3.19. The van der Waals surface area contributed by atoms with Crippen molar-refractivity contribution in [1.29, 1.82) is 0 Å². The molecule has 2 heterocycles. The summed E-state index contributed by atoms with van der Waals surface area (Å²) in [6.45, 7) is 4.52. The Labute approximate surface area is 219 Å². The Balaban J connectivity index is 2.05. The minimum atomic E-state index is -1.16. The molecule has 0 bridgehead atoms. The molecule has 0 spiro atoms. The van der Waals surface area contributed by atoms with Crippen LogP contribution in [0.3, 0.4) is 0 Å². The lowest BCUT2D eigenvalue weighted by Crippen LogP contribution is -2.66. The van der Waals surface area contributed by atoms with Gasteiger partial charge in [0, 0.05) is 47.0 Å². The quantitative estimate of drug-likeness (QED) is 0.154. The largest absolute Gasteiger partial charge is 0.463 e. The number of amides is 3. The van der Waals surface area contributed by atoms with E-state index >= 15 is 0 Å². The molecular weight excluding hydrogens is 508 g/mol. The van der Waals surface area contributed by atoms with Crippen molar-refractivity contribution in [2.75, 3.05) is 6.61 Å². The standard InChI is InChI=1S/C24H34N2O12/c1-13(27)25-22-17(8-6-5-7-9-21(33)38-26-19(31)10-11-20(26)32)37-18(12-34-14(2)28)23(35-15(3)29)24(22)36-16(4)30/h17-18,22-24H,5-12H2,1-4H3,(H,25,27)/t17-,18?,22?,23+,24-/m1/s1. The van der Waals surface area contributed by atoms with Crippen LogP contribution in [0.1, 0.15) is 72.6 Å². The number of nitrogens with one attached hydrogen (secondary N) is 1. The maximum absolute atomic E-state index is 12.0. The van der Waals surface area contributed by atoms with Crippen molar-refractivity contribution in [3.63, 3.8) is 0 Å². The second-order valence-electron chi connectivity index (χ2n) is 9.03. The van der Waals surface area contributed by atoms with Crippen molar-refractivity contribution >= 4 is 41.6 Å². The van der Waals surface area contributed by atoms with Gasteiger partial charge in [-0.2, -0.15) is 0 Å². The van der Waals surface area contributed by atoms with Gasteiger partial charge in [-0.05, 0) is 12.8 Å². The van der Waals surface area contributed by atoms with Gasteiger partial charge in [0.25, 0.3) is 11.8 Å². The number of carbonyl (C=O) groups excluding carboxylic acids is 7. The third-order valence-electron chi connectivity index (χ3n) is 5.79. The van der Waals surface area contributed by atoms with Crippen molar-refractivity contribution in [1.82, 2.24) is 10.4 Å². The monoisotopic (exact) mass is 542 g/mol. The number of ether oxygens (including phenoxy) is 4. The number of hydrogen-bond acceptors (Lipinski definition) is 12. The molecule has 2 aliphatic rings. The summed E-state index contributed by atoms with van der Waals surface area (Å²) in [5.41, 5.74) is 0. The van der Waals surface area contributed by atoms with E-state index < -0.39 is 72.1 Å². The third-order valence-corrected chi connectivity index (χ3v) is 5.79. The van der Waals surface area contributed by atoms with Crippen LogP contribution in [0.15, 0.2) is 0 Å². The van der Waals surface area contributed by atoms with E-state index in [9.17, 15) is 33.6 Å². The van der Waals surface area contributed by atoms with Crippen LogP contribution in [0.5, 0.6) is 0 Å². The first-order valence-electron chi connectivity index (χ1n) is 12.4. The fourth-order valence-corrected chi connectivity index (χ4v) is 4.27. The molecule has 1 N–H and O–H groups in total. The van der Waals surface area contributed by atoms with E-state index in [0.29, 0.717) is 30.7 Å². The number of rotatable bonds is 12. The average Bonchev–Trinajstić information content (AvgIpc) is 3.12. The molecular formula is C24H34N2O12. The van der Waals surface area contributed by atoms with Crippen LogP contribution in [-0.2, 0) is 57.3 Å². The summed E-state index contributed by atoms with van der Waals surface area (Å²) >= 11 is 0. The summed E-state index contributed by atoms with van der Waals surface area (Å²) < 4.78 is 22.0. The fourth-order valence-electron chi connectivity index (χ4n) is 4.27. The van der Waals surface area contributed by atoms with Crippen LogP contribution in [0, 0.1) is 0 Å². The SMILES string of the molecule is CC(=O)NC1[C@@H](OC(C)=O)[C@@H](OC(C)=O)C(COC(C)=O)O[C@@H]1CCCCCC(=O)ON1C(=O)CCC1=O. The minimum absolute atomic E-state index is 0.00800. The molecule has 0 radical (unpaired) electrons. The van der Waals surface area contributed by atoms with Crippen LogP contribution in [0.25, 0.3) is 0 Å². The van der Waals surface area contributed by atoms with E-state index in [-0.39, 0.29) is 25.9 Å². The van der Waals surface area contributed by atoms with Gasteiger partial charge in [-0.1, -0.05) is 12.8 Å². The van der Waals surface area contributed by atoms with E-state index in [2.05, 4.69) is 5.32 Å². The lowest BCUT2D eigenvalue weighted by atomic mass is 9.89. The zero-order valence-electron chi connectivity index (χ0n) is 21.9. The molecule has 14 heteroatoms. The number of imide groups is 1. The van der Waals surface area contributed by atoms with Crippen LogP contribution in [0.4, 0.5) is 0 Å². The van der Waals surface area contributed by atoms with Crippen molar-refractivity contribution in [3.05, 3.63) is 0 Å². The number of hydrogen-bond donors (Lipinski definition) is 1. The topological polar surface area (TPSA) is 181 Å². The van der Waals surface area contributed by atoms with Gasteiger partial charge in [0.2, 0.25) is 5.91 Å². The molecule has 3 amide bonds. The predicted molar refractivity (Wildman–Crippen MR) is 124 cm³/mol. The number of esters is 3. The zero-order valence-corrected chi connectivity index (χ0v) is 21.9. The Morgan fingerprint density at radius 1 is 0.842 bits per heavy atom. The zero-order chi connectivity index (χ0) is 28.4. The first kappa shape index (κ1) is 30.7. The molecule has 0 aliphatic carbocycles. The molecule has 2 aliphatic heterocycles. The smallest absolute Gasteiger partial charge is 0.333 e. The van der Waals surface area contributed by atoms with Crippen molar-refractivity contribution in [3.8, 4) is 0 Å². The minimum Gasteiger partial charge on any atom is -0.463 e. The number of carbonyl (C=O) groups is 7. The Kier molecular flexibility index (Phi) is 11.6. The normalized spacial score (nSPS) is 24.9. The van der Waals surface area contributed by atoms with E-state index in [1.807, 2.05) is 0 Å². The molecule has 0 aromatic heterocycles. The van der Waals surface area contributed by atoms with E-state index in [0.717, 1.165) is 6.92 Å². The number of nitrogens with zero attached hydrogens (tertiary/aromatic N) is 1. The number of unbranched alkanes of at least 4 members (excludes halogenated alkanes) is 2. The van der Waals surface area contributed by atoms with Gasteiger partial charge < -0.3 is 29.1 Å². The van der Waals surface area contributed by atoms with Crippen LogP contribution < -0.4 is 5.32 Å². The highest BCUT2D eigenvalue weighted by Crippen LogP contribution is 2.30. The lowest BCUT2D eigenvalue weighted by Gasteiger charge is -2.45. The van der Waals surface area contributed by atoms with Gasteiger partial charge in [-0.3, -0.25) is 28.8 Å². The Hall–Kier alpha value is -3.55. The van der Waals surface area contributed by atoms with Gasteiger partial charge >= 0.3 is 23.9 Å². The first-order chi connectivity index (χ1) is 17.9. The Morgan fingerprint density at radius 2 is 1.45 bits per heavy atom. The summed E-state index contributed by atoms with van der Waals surface area (Å²) in [7, 11) is 0. The summed E-state index contributed by atoms with van der Waals surface area (Å²) in [5.74, 6) is -4.22. The van der Waals surface area contributed by atoms with Crippen LogP contribution in [-0.4, -0.2) is 83.7 Å². The van der Waals surface area contributed by atoms with Crippen LogP contribution in [0.2, 0.25) is 0 Å². The van der Waals surface area contributed by atoms with E-state index in [4.69, 9.17) is 23.8 Å². The molecule has 212 valence electrons. The van der Waals surface area contributed by atoms with Crippen LogP contribution >= 0.6 is 0 Å². The molecule has 2 rings (SSSR count). The predicted octanol–water partition coefficient (Wildman–Crippen LogP) is 0.243. The lowest BCUT2D eigenvalue weighted by molar-refractivity contribution is -0.224. The molecule has 0 saturated carbocycles. The highest BCUT2D eigenvalue weighted by atomic mass is 16.7. The second-order valence-corrected chi connectivity index (χ2v) is 9.03. The molecule has 0 aromatic carbocycles. The second kappa shape index (κ2) is 14.4. The highest BCUT2D eigenvalue weighted by Gasteiger charge is 2.50. The maximum Gasteiger partial charge on any atom is 0.333 e. The van der Waals surface area contributed by atoms with Gasteiger partial charge in [-0.25, -0.2) is 4.79 Å².